The zero-order valence-corrected chi connectivity index (χ0v) is 9.32. The lowest BCUT2D eigenvalue weighted by atomic mass is 10.0. The van der Waals surface area contributed by atoms with E-state index in [0.717, 1.165) is 11.3 Å². The molecule has 1 aromatic carbocycles. The number of fused-ring (bicyclic) bond motifs is 1. The first kappa shape index (κ1) is 10.5. The number of nitrogen functional groups attached to an aromatic ring is 1. The first-order valence-corrected chi connectivity index (χ1v) is 5.08. The lowest BCUT2D eigenvalue weighted by Gasteiger charge is -2.29. The van der Waals surface area contributed by atoms with Gasteiger partial charge in [0.2, 0.25) is 5.91 Å². The number of hydrogen-bond acceptors (Lipinski definition) is 3. The van der Waals surface area contributed by atoms with E-state index >= 15 is 0 Å². The molecule has 1 amide bonds. The van der Waals surface area contributed by atoms with Gasteiger partial charge in [0, 0.05) is 11.4 Å². The quantitative estimate of drug-likeness (QED) is 0.721. The third kappa shape index (κ3) is 1.41. The Kier molecular flexibility index (Phi) is 2.13. The number of nitriles is 1. The van der Waals surface area contributed by atoms with Gasteiger partial charge in [-0.2, -0.15) is 5.26 Å². The largest absolute Gasteiger partial charge is 0.399 e. The maximum Gasteiger partial charge on any atom is 0.232 e. The van der Waals surface area contributed by atoms with Crippen LogP contribution in [0.4, 0.5) is 11.4 Å². The van der Waals surface area contributed by atoms with Gasteiger partial charge in [0.15, 0.2) is 0 Å². The van der Waals surface area contributed by atoms with Gasteiger partial charge in [0.25, 0.3) is 0 Å². The van der Waals surface area contributed by atoms with Gasteiger partial charge >= 0.3 is 0 Å². The Morgan fingerprint density at radius 1 is 1.50 bits per heavy atom. The predicted molar refractivity (Wildman–Crippen MR) is 61.7 cm³/mol. The zero-order chi connectivity index (χ0) is 11.9. The first-order chi connectivity index (χ1) is 7.45. The SMILES string of the molecule is CC(C)(C#N)N1C(=O)Cc2cc(N)ccc21. The molecule has 0 spiro atoms. The molecule has 2 rings (SSSR count). The van der Waals surface area contributed by atoms with E-state index in [4.69, 9.17) is 11.0 Å². The van der Waals surface area contributed by atoms with Crippen molar-refractivity contribution in [2.75, 3.05) is 10.6 Å². The van der Waals surface area contributed by atoms with Crippen LogP contribution in [0, 0.1) is 11.3 Å². The lowest BCUT2D eigenvalue weighted by molar-refractivity contribution is -0.118. The molecule has 0 fully saturated rings. The molecule has 4 nitrogen and oxygen atoms in total. The lowest BCUT2D eigenvalue weighted by Crippen LogP contribution is -2.44. The van der Waals surface area contributed by atoms with Gasteiger partial charge in [-0.1, -0.05) is 0 Å². The van der Waals surface area contributed by atoms with Gasteiger partial charge < -0.3 is 5.73 Å². The molecule has 1 aliphatic rings. The van der Waals surface area contributed by atoms with Gasteiger partial charge in [-0.25, -0.2) is 0 Å². The summed E-state index contributed by atoms with van der Waals surface area (Å²) in [6, 6.07) is 7.48. The predicted octanol–water partition coefficient (Wildman–Crippen LogP) is 1.46. The number of carbonyl (C=O) groups excluding carboxylic acids is 1. The fourth-order valence-corrected chi connectivity index (χ4v) is 2.00. The van der Waals surface area contributed by atoms with Crippen LogP contribution in [0.25, 0.3) is 0 Å². The van der Waals surface area contributed by atoms with E-state index in [-0.39, 0.29) is 5.91 Å². The summed E-state index contributed by atoms with van der Waals surface area (Å²) in [5, 5.41) is 9.08. The van der Waals surface area contributed by atoms with Crippen molar-refractivity contribution in [1.82, 2.24) is 0 Å². The molecule has 0 saturated carbocycles. The summed E-state index contributed by atoms with van der Waals surface area (Å²) in [7, 11) is 0. The number of hydrogen-bond donors (Lipinski definition) is 1. The van der Waals surface area contributed by atoms with Crippen LogP contribution in [-0.4, -0.2) is 11.4 Å². The van der Waals surface area contributed by atoms with Crippen LogP contribution in [0.1, 0.15) is 19.4 Å². The highest BCUT2D eigenvalue weighted by Gasteiger charge is 2.38. The Bertz CT molecular complexity index is 499. The van der Waals surface area contributed by atoms with Crippen molar-refractivity contribution in [3.8, 4) is 6.07 Å². The van der Waals surface area contributed by atoms with Crippen LogP contribution in [0.3, 0.4) is 0 Å². The average molecular weight is 215 g/mol. The summed E-state index contributed by atoms with van der Waals surface area (Å²) in [5.41, 5.74) is 7.18. The fraction of sp³-hybridized carbons (Fsp3) is 0.333. The third-order valence-electron chi connectivity index (χ3n) is 2.77. The van der Waals surface area contributed by atoms with Gasteiger partial charge in [0.1, 0.15) is 5.54 Å². The summed E-state index contributed by atoms with van der Waals surface area (Å²) >= 11 is 0. The summed E-state index contributed by atoms with van der Waals surface area (Å²) in [6.07, 6.45) is 0.325. The minimum atomic E-state index is -0.821. The highest BCUT2D eigenvalue weighted by Crippen LogP contribution is 2.35. The number of carbonyl (C=O) groups is 1. The van der Waals surface area contributed by atoms with E-state index in [9.17, 15) is 4.79 Å². The molecule has 1 aromatic rings. The van der Waals surface area contributed by atoms with Crippen LogP contribution >= 0.6 is 0 Å². The van der Waals surface area contributed by atoms with Crippen molar-refractivity contribution in [2.45, 2.75) is 25.8 Å². The Morgan fingerprint density at radius 2 is 2.19 bits per heavy atom. The fourth-order valence-electron chi connectivity index (χ4n) is 2.00. The Balaban J connectivity index is 2.53. The van der Waals surface area contributed by atoms with E-state index in [1.54, 1.807) is 36.9 Å². The molecule has 0 radical (unpaired) electrons. The molecule has 1 heterocycles. The third-order valence-corrected chi connectivity index (χ3v) is 2.77. The molecule has 4 heteroatoms. The smallest absolute Gasteiger partial charge is 0.232 e. The highest BCUT2D eigenvalue weighted by atomic mass is 16.2. The van der Waals surface area contributed by atoms with Crippen molar-refractivity contribution in [2.24, 2.45) is 0 Å². The molecule has 1 aliphatic heterocycles. The number of rotatable bonds is 1. The molecule has 2 N–H and O–H groups in total. The van der Waals surface area contributed by atoms with E-state index in [0.29, 0.717) is 12.1 Å². The summed E-state index contributed by atoms with van der Waals surface area (Å²) in [4.78, 5) is 13.4. The maximum absolute atomic E-state index is 11.9. The second kappa shape index (κ2) is 3.24. The number of amides is 1. The van der Waals surface area contributed by atoms with E-state index in [2.05, 4.69) is 6.07 Å². The molecule has 0 bridgehead atoms. The summed E-state index contributed by atoms with van der Waals surface area (Å²) in [5.74, 6) is -0.0489. The van der Waals surface area contributed by atoms with Gasteiger partial charge in [0.05, 0.1) is 12.5 Å². The molecular weight excluding hydrogens is 202 g/mol. The number of nitrogens with two attached hydrogens (primary N) is 1. The average Bonchev–Trinajstić information content (AvgIpc) is 2.53. The minimum Gasteiger partial charge on any atom is -0.399 e. The molecule has 16 heavy (non-hydrogen) atoms. The zero-order valence-electron chi connectivity index (χ0n) is 9.32. The second-order valence-corrected chi connectivity index (χ2v) is 4.46. The Hall–Kier alpha value is -2.02. The monoisotopic (exact) mass is 215 g/mol. The van der Waals surface area contributed by atoms with Crippen LogP contribution in [0.2, 0.25) is 0 Å². The van der Waals surface area contributed by atoms with E-state index in [1.807, 2.05) is 0 Å². The Morgan fingerprint density at radius 3 is 2.81 bits per heavy atom. The van der Waals surface area contributed by atoms with Crippen molar-refractivity contribution in [3.63, 3.8) is 0 Å². The Labute approximate surface area is 94.3 Å². The molecule has 0 atom stereocenters. The van der Waals surface area contributed by atoms with E-state index < -0.39 is 5.54 Å². The van der Waals surface area contributed by atoms with Crippen molar-refractivity contribution < 1.29 is 4.79 Å². The summed E-state index contributed by atoms with van der Waals surface area (Å²) < 4.78 is 0. The van der Waals surface area contributed by atoms with Crippen molar-refractivity contribution in [3.05, 3.63) is 23.8 Å². The van der Waals surface area contributed by atoms with Crippen molar-refractivity contribution >= 4 is 17.3 Å². The molecule has 0 saturated heterocycles. The first-order valence-electron chi connectivity index (χ1n) is 5.08. The topological polar surface area (TPSA) is 70.1 Å². The standard InChI is InChI=1S/C12H13N3O/c1-12(2,7-13)15-10-4-3-9(14)5-8(10)6-11(15)16/h3-5H,6,14H2,1-2H3. The van der Waals surface area contributed by atoms with Crippen LogP contribution < -0.4 is 10.6 Å². The molecule has 82 valence electrons. The highest BCUT2D eigenvalue weighted by molar-refractivity contribution is 6.03. The second-order valence-electron chi connectivity index (χ2n) is 4.46. The van der Waals surface area contributed by atoms with Crippen LogP contribution in [0.5, 0.6) is 0 Å². The molecular formula is C12H13N3O. The van der Waals surface area contributed by atoms with Gasteiger partial charge in [-0.3, -0.25) is 9.69 Å². The minimum absolute atomic E-state index is 0.0489. The maximum atomic E-state index is 11.9. The molecule has 0 unspecified atom stereocenters. The summed E-state index contributed by atoms with van der Waals surface area (Å²) in [6.45, 7) is 3.46. The molecule has 0 aliphatic carbocycles. The number of nitrogens with zero attached hydrogens (tertiary/aromatic N) is 2. The molecule has 0 aromatic heterocycles. The normalized spacial score (nSPS) is 14.8. The number of benzene rings is 1. The van der Waals surface area contributed by atoms with Gasteiger partial charge in [-0.15, -0.1) is 0 Å². The van der Waals surface area contributed by atoms with Crippen LogP contribution in [0.15, 0.2) is 18.2 Å². The van der Waals surface area contributed by atoms with Gasteiger partial charge in [-0.05, 0) is 37.6 Å². The van der Waals surface area contributed by atoms with Crippen molar-refractivity contribution in [1.29, 1.82) is 5.26 Å². The van der Waals surface area contributed by atoms with E-state index in [1.165, 1.54) is 0 Å². The number of anilines is 2. The van der Waals surface area contributed by atoms with Crippen LogP contribution in [-0.2, 0) is 11.2 Å².